The van der Waals surface area contributed by atoms with E-state index >= 15 is 0 Å². The van der Waals surface area contributed by atoms with E-state index in [0.717, 1.165) is 45.2 Å². The topological polar surface area (TPSA) is 49.4 Å². The second kappa shape index (κ2) is 7.62. The Labute approximate surface area is 138 Å². The molecule has 1 N–H and O–H groups in total. The Morgan fingerprint density at radius 3 is 2.30 bits per heavy atom. The van der Waals surface area contributed by atoms with Gasteiger partial charge in [-0.1, -0.05) is 36.8 Å². The lowest BCUT2D eigenvalue weighted by atomic mass is 9.83. The van der Waals surface area contributed by atoms with Crippen LogP contribution in [-0.2, 0) is 16.0 Å². The monoisotopic (exact) mass is 314 g/mol. The van der Waals surface area contributed by atoms with Crippen LogP contribution in [0.4, 0.5) is 0 Å². The summed E-state index contributed by atoms with van der Waals surface area (Å²) in [5.74, 6) is 0.804. The average Bonchev–Trinajstić information content (AvgIpc) is 2.54. The quantitative estimate of drug-likeness (QED) is 0.907. The fourth-order valence-electron chi connectivity index (χ4n) is 3.39. The lowest BCUT2D eigenvalue weighted by molar-refractivity contribution is -0.141. The maximum Gasteiger partial charge on any atom is 0.225 e. The highest BCUT2D eigenvalue weighted by atomic mass is 16.2. The van der Waals surface area contributed by atoms with Crippen LogP contribution >= 0.6 is 0 Å². The fourth-order valence-corrected chi connectivity index (χ4v) is 3.39. The van der Waals surface area contributed by atoms with Gasteiger partial charge in [0.1, 0.15) is 0 Å². The summed E-state index contributed by atoms with van der Waals surface area (Å²) in [5.41, 5.74) is 1.24. The zero-order valence-corrected chi connectivity index (χ0v) is 13.7. The molecule has 2 aliphatic rings. The van der Waals surface area contributed by atoms with Crippen molar-refractivity contribution < 1.29 is 9.59 Å². The summed E-state index contributed by atoms with van der Waals surface area (Å²) in [7, 11) is 0. The molecule has 1 saturated carbocycles. The Kier molecular flexibility index (Phi) is 5.31. The van der Waals surface area contributed by atoms with E-state index in [1.54, 1.807) is 0 Å². The minimum Gasteiger partial charge on any atom is -0.356 e. The number of benzene rings is 1. The standard InChI is InChI=1S/C19H26N2O2/c22-18(20-12-9-15-5-2-1-3-6-15)16-10-13-21(14-11-16)19(23)17-7-4-8-17/h1-3,5-6,16-17H,4,7-14H2,(H,20,22). The molecule has 2 fully saturated rings. The van der Waals surface area contributed by atoms with E-state index in [1.807, 2.05) is 23.1 Å². The van der Waals surface area contributed by atoms with Crippen molar-refractivity contribution in [3.63, 3.8) is 0 Å². The fraction of sp³-hybridized carbons (Fsp3) is 0.579. The van der Waals surface area contributed by atoms with E-state index in [1.165, 1.54) is 12.0 Å². The van der Waals surface area contributed by atoms with Gasteiger partial charge in [0.05, 0.1) is 0 Å². The molecular weight excluding hydrogens is 288 g/mol. The third-order valence-electron chi connectivity index (χ3n) is 5.19. The third-order valence-corrected chi connectivity index (χ3v) is 5.19. The number of likely N-dealkylation sites (tertiary alicyclic amines) is 1. The van der Waals surface area contributed by atoms with Crippen LogP contribution < -0.4 is 5.32 Å². The molecule has 23 heavy (non-hydrogen) atoms. The van der Waals surface area contributed by atoms with Crippen LogP contribution in [0, 0.1) is 11.8 Å². The highest BCUT2D eigenvalue weighted by Gasteiger charge is 2.33. The normalized spacial score (nSPS) is 19.2. The summed E-state index contributed by atoms with van der Waals surface area (Å²) in [6, 6.07) is 10.2. The Hall–Kier alpha value is -1.84. The number of piperidine rings is 1. The van der Waals surface area contributed by atoms with Crippen molar-refractivity contribution in [1.29, 1.82) is 0 Å². The molecule has 4 nitrogen and oxygen atoms in total. The Morgan fingerprint density at radius 1 is 1.00 bits per heavy atom. The molecule has 0 atom stereocenters. The van der Waals surface area contributed by atoms with Crippen molar-refractivity contribution in [3.8, 4) is 0 Å². The molecule has 3 rings (SSSR count). The summed E-state index contributed by atoms with van der Waals surface area (Å²) in [4.78, 5) is 26.4. The van der Waals surface area contributed by atoms with E-state index in [4.69, 9.17) is 0 Å². The first-order valence-corrected chi connectivity index (χ1v) is 8.84. The molecule has 0 bridgehead atoms. The van der Waals surface area contributed by atoms with Gasteiger partial charge in [0, 0.05) is 31.5 Å². The second-order valence-electron chi connectivity index (χ2n) is 6.75. The minimum absolute atomic E-state index is 0.0659. The predicted molar refractivity (Wildman–Crippen MR) is 89.8 cm³/mol. The van der Waals surface area contributed by atoms with Crippen LogP contribution in [0.3, 0.4) is 0 Å². The van der Waals surface area contributed by atoms with Crippen LogP contribution in [-0.4, -0.2) is 36.3 Å². The first-order chi connectivity index (χ1) is 11.2. The van der Waals surface area contributed by atoms with Crippen molar-refractivity contribution in [1.82, 2.24) is 10.2 Å². The molecule has 1 aliphatic heterocycles. The van der Waals surface area contributed by atoms with Gasteiger partial charge in [0.15, 0.2) is 0 Å². The van der Waals surface area contributed by atoms with Crippen LogP contribution in [0.1, 0.15) is 37.7 Å². The van der Waals surface area contributed by atoms with Crippen molar-refractivity contribution in [2.75, 3.05) is 19.6 Å². The Balaban J connectivity index is 1.37. The van der Waals surface area contributed by atoms with Gasteiger partial charge in [-0.15, -0.1) is 0 Å². The van der Waals surface area contributed by atoms with E-state index in [9.17, 15) is 9.59 Å². The van der Waals surface area contributed by atoms with E-state index < -0.39 is 0 Å². The van der Waals surface area contributed by atoms with Gasteiger partial charge >= 0.3 is 0 Å². The molecule has 1 aromatic carbocycles. The van der Waals surface area contributed by atoms with E-state index in [0.29, 0.717) is 12.5 Å². The Morgan fingerprint density at radius 2 is 1.70 bits per heavy atom. The van der Waals surface area contributed by atoms with Gasteiger partial charge in [-0.05, 0) is 37.7 Å². The zero-order valence-electron chi connectivity index (χ0n) is 13.7. The van der Waals surface area contributed by atoms with Gasteiger partial charge in [0.25, 0.3) is 0 Å². The van der Waals surface area contributed by atoms with Gasteiger partial charge in [-0.3, -0.25) is 9.59 Å². The molecule has 124 valence electrons. The molecule has 2 amide bonds. The van der Waals surface area contributed by atoms with Crippen LogP contribution in [0.15, 0.2) is 30.3 Å². The van der Waals surface area contributed by atoms with Gasteiger partial charge in [0.2, 0.25) is 11.8 Å². The summed E-state index contributed by atoms with van der Waals surface area (Å²) in [6.45, 7) is 2.17. The number of carbonyl (C=O) groups is 2. The second-order valence-corrected chi connectivity index (χ2v) is 6.75. The smallest absolute Gasteiger partial charge is 0.225 e. The first kappa shape index (κ1) is 16.0. The number of rotatable bonds is 5. The van der Waals surface area contributed by atoms with Crippen LogP contribution in [0.5, 0.6) is 0 Å². The molecule has 0 unspecified atom stereocenters. The van der Waals surface area contributed by atoms with Gasteiger partial charge in [-0.25, -0.2) is 0 Å². The summed E-state index contributed by atoms with van der Waals surface area (Å²) >= 11 is 0. The van der Waals surface area contributed by atoms with Crippen LogP contribution in [0.25, 0.3) is 0 Å². The maximum atomic E-state index is 12.3. The molecule has 0 aromatic heterocycles. The van der Waals surface area contributed by atoms with Crippen molar-refractivity contribution in [2.24, 2.45) is 11.8 Å². The number of hydrogen-bond acceptors (Lipinski definition) is 2. The maximum absolute atomic E-state index is 12.3. The van der Waals surface area contributed by atoms with Gasteiger partial charge in [-0.2, -0.15) is 0 Å². The first-order valence-electron chi connectivity index (χ1n) is 8.84. The number of nitrogens with zero attached hydrogens (tertiary/aromatic N) is 1. The van der Waals surface area contributed by atoms with E-state index in [2.05, 4.69) is 17.4 Å². The third kappa shape index (κ3) is 4.12. The van der Waals surface area contributed by atoms with E-state index in [-0.39, 0.29) is 17.7 Å². The van der Waals surface area contributed by atoms with Crippen molar-refractivity contribution >= 4 is 11.8 Å². The molecule has 0 radical (unpaired) electrons. The number of nitrogens with one attached hydrogen (secondary N) is 1. The molecule has 1 saturated heterocycles. The van der Waals surface area contributed by atoms with Crippen LogP contribution in [0.2, 0.25) is 0 Å². The summed E-state index contributed by atoms with van der Waals surface area (Å²) < 4.78 is 0. The minimum atomic E-state index is 0.0659. The lowest BCUT2D eigenvalue weighted by Gasteiger charge is -2.36. The number of hydrogen-bond donors (Lipinski definition) is 1. The number of amides is 2. The largest absolute Gasteiger partial charge is 0.356 e. The van der Waals surface area contributed by atoms with Crippen molar-refractivity contribution in [2.45, 2.75) is 38.5 Å². The summed E-state index contributed by atoms with van der Waals surface area (Å²) in [5, 5.41) is 3.05. The SMILES string of the molecule is O=C(NCCc1ccccc1)C1CCN(C(=O)C2CCC2)CC1. The predicted octanol–water partition coefficient (Wildman–Crippen LogP) is 2.38. The molecule has 1 heterocycles. The molecule has 4 heteroatoms. The lowest BCUT2D eigenvalue weighted by Crippen LogP contribution is -2.46. The Bertz CT molecular complexity index is 532. The molecule has 1 aromatic rings. The average molecular weight is 314 g/mol. The van der Waals surface area contributed by atoms with Gasteiger partial charge < -0.3 is 10.2 Å². The summed E-state index contributed by atoms with van der Waals surface area (Å²) in [6.07, 6.45) is 5.77. The molecule has 1 aliphatic carbocycles. The molecule has 0 spiro atoms. The number of carbonyl (C=O) groups excluding carboxylic acids is 2. The molecular formula is C19H26N2O2. The van der Waals surface area contributed by atoms with Crippen molar-refractivity contribution in [3.05, 3.63) is 35.9 Å². The highest BCUT2D eigenvalue weighted by molar-refractivity contribution is 5.81. The highest BCUT2D eigenvalue weighted by Crippen LogP contribution is 2.30. The zero-order chi connectivity index (χ0) is 16.1.